The number of rotatable bonds is 4. The predicted molar refractivity (Wildman–Crippen MR) is 104 cm³/mol. The molecule has 0 spiro atoms. The molecule has 0 unspecified atom stereocenters. The number of hydrogen-bond donors (Lipinski definition) is 0. The molecule has 3 rings (SSSR count). The van der Waals surface area contributed by atoms with E-state index < -0.39 is 0 Å². The monoisotopic (exact) mass is 314 g/mol. The normalized spacial score (nSPS) is 10.8. The Morgan fingerprint density at radius 1 is 0.458 bits per heavy atom. The summed E-state index contributed by atoms with van der Waals surface area (Å²) in [7, 11) is 0. The molecule has 0 aliphatic rings. The van der Waals surface area contributed by atoms with Crippen molar-refractivity contribution in [3.8, 4) is 0 Å². The molecule has 0 saturated carbocycles. The first-order valence-electron chi connectivity index (χ1n) is 8.74. The third-order valence-corrected chi connectivity index (χ3v) is 5.40. The van der Waals surface area contributed by atoms with E-state index >= 15 is 0 Å². The van der Waals surface area contributed by atoms with Gasteiger partial charge in [0.1, 0.15) is 0 Å². The smallest absolute Gasteiger partial charge is 0.00201 e. The fourth-order valence-corrected chi connectivity index (χ4v) is 3.55. The number of benzene rings is 3. The van der Waals surface area contributed by atoms with Crippen molar-refractivity contribution in [3.63, 3.8) is 0 Å². The molecule has 0 aliphatic heterocycles. The van der Waals surface area contributed by atoms with Gasteiger partial charge in [0.05, 0.1) is 0 Å². The summed E-state index contributed by atoms with van der Waals surface area (Å²) in [6.07, 6.45) is 2.02. The van der Waals surface area contributed by atoms with E-state index in [1.165, 1.54) is 44.5 Å². The molecule has 0 atom stereocenters. The second-order valence-corrected chi connectivity index (χ2v) is 6.78. The quantitative estimate of drug-likeness (QED) is 0.545. The maximum atomic E-state index is 2.29. The summed E-state index contributed by atoms with van der Waals surface area (Å²) in [5, 5.41) is 0. The number of hydrogen-bond acceptors (Lipinski definition) is 0. The van der Waals surface area contributed by atoms with Crippen molar-refractivity contribution in [3.05, 3.63) is 105 Å². The molecule has 0 radical (unpaired) electrons. The topological polar surface area (TPSA) is 0 Å². The Hall–Kier alpha value is -2.34. The molecule has 0 heterocycles. The van der Waals surface area contributed by atoms with E-state index in [0.717, 1.165) is 12.8 Å². The lowest BCUT2D eigenvalue weighted by Gasteiger charge is -2.21. The Bertz CT molecular complexity index is 755. The molecule has 0 aliphatic carbocycles. The summed E-state index contributed by atoms with van der Waals surface area (Å²) < 4.78 is 0. The molecule has 3 aromatic rings. The lowest BCUT2D eigenvalue weighted by Crippen LogP contribution is -2.07. The van der Waals surface area contributed by atoms with Crippen molar-refractivity contribution in [1.82, 2.24) is 0 Å². The van der Waals surface area contributed by atoms with Crippen LogP contribution in [0, 0.1) is 27.7 Å². The van der Waals surface area contributed by atoms with Gasteiger partial charge >= 0.3 is 0 Å². The molecule has 0 aromatic heterocycles. The molecule has 3 aromatic carbocycles. The van der Waals surface area contributed by atoms with Gasteiger partial charge in [0.25, 0.3) is 0 Å². The summed E-state index contributed by atoms with van der Waals surface area (Å²) in [4.78, 5) is 0. The highest BCUT2D eigenvalue weighted by molar-refractivity contribution is 5.53. The van der Waals surface area contributed by atoms with Gasteiger partial charge in [0.15, 0.2) is 0 Å². The molecule has 0 N–H and O–H groups in total. The van der Waals surface area contributed by atoms with Crippen LogP contribution >= 0.6 is 0 Å². The van der Waals surface area contributed by atoms with Crippen molar-refractivity contribution in [2.24, 2.45) is 0 Å². The second-order valence-electron chi connectivity index (χ2n) is 6.78. The molecule has 0 saturated heterocycles. The molecular formula is C24H26. The van der Waals surface area contributed by atoms with Gasteiger partial charge in [-0.25, -0.2) is 0 Å². The third-order valence-electron chi connectivity index (χ3n) is 5.40. The van der Waals surface area contributed by atoms with Gasteiger partial charge in [0.2, 0.25) is 0 Å². The van der Waals surface area contributed by atoms with Crippen LogP contribution in [-0.4, -0.2) is 0 Å². The van der Waals surface area contributed by atoms with Crippen LogP contribution < -0.4 is 0 Å². The zero-order valence-corrected chi connectivity index (χ0v) is 15.2. The Morgan fingerprint density at radius 3 is 1.12 bits per heavy atom. The summed E-state index contributed by atoms with van der Waals surface area (Å²) in [5.74, 6) is 0. The van der Waals surface area contributed by atoms with Gasteiger partial charge in [-0.15, -0.1) is 0 Å². The van der Waals surface area contributed by atoms with Gasteiger partial charge in [-0.05, 0) is 85.0 Å². The Kier molecular flexibility index (Phi) is 4.85. The predicted octanol–water partition coefficient (Wildman–Crippen LogP) is 6.10. The standard InChI is InChI=1S/C24H26/c1-17-18(2)20(4)24(16-22-13-9-6-10-14-22)23(19(17)3)15-21-11-7-5-8-12-21/h5-14H,15-16H2,1-4H3. The van der Waals surface area contributed by atoms with E-state index in [1.807, 2.05) is 0 Å². The lowest BCUT2D eigenvalue weighted by atomic mass is 9.84. The van der Waals surface area contributed by atoms with E-state index in [1.54, 1.807) is 0 Å². The largest absolute Gasteiger partial charge is 0.0622 e. The van der Waals surface area contributed by atoms with Crippen LogP contribution in [0.5, 0.6) is 0 Å². The minimum Gasteiger partial charge on any atom is -0.0622 e. The molecule has 0 amide bonds. The van der Waals surface area contributed by atoms with Crippen LogP contribution in [0.1, 0.15) is 44.5 Å². The van der Waals surface area contributed by atoms with Gasteiger partial charge in [-0.2, -0.15) is 0 Å². The average Bonchev–Trinajstić information content (AvgIpc) is 2.63. The Labute approximate surface area is 146 Å². The van der Waals surface area contributed by atoms with Crippen LogP contribution in [0.25, 0.3) is 0 Å². The molecule has 24 heavy (non-hydrogen) atoms. The van der Waals surface area contributed by atoms with Gasteiger partial charge in [0, 0.05) is 0 Å². The maximum Gasteiger partial charge on any atom is -0.00201 e. The van der Waals surface area contributed by atoms with E-state index in [0.29, 0.717) is 0 Å². The first-order chi connectivity index (χ1) is 11.6. The van der Waals surface area contributed by atoms with Crippen molar-refractivity contribution >= 4 is 0 Å². The SMILES string of the molecule is Cc1c(C)c(C)c(Cc2ccccc2)c(Cc2ccccc2)c1C. The van der Waals surface area contributed by atoms with E-state index in [9.17, 15) is 0 Å². The molecule has 0 bridgehead atoms. The second kappa shape index (κ2) is 7.05. The highest BCUT2D eigenvalue weighted by Crippen LogP contribution is 2.30. The van der Waals surface area contributed by atoms with E-state index in [-0.39, 0.29) is 0 Å². The van der Waals surface area contributed by atoms with Crippen LogP contribution in [0.3, 0.4) is 0 Å². The summed E-state index contributed by atoms with van der Waals surface area (Å²) in [6, 6.07) is 21.6. The molecule has 0 fully saturated rings. The zero-order chi connectivity index (χ0) is 17.1. The van der Waals surface area contributed by atoms with Crippen LogP contribution in [0.4, 0.5) is 0 Å². The van der Waals surface area contributed by atoms with E-state index in [4.69, 9.17) is 0 Å². The minimum atomic E-state index is 1.01. The first kappa shape index (κ1) is 16.5. The van der Waals surface area contributed by atoms with Gasteiger partial charge in [-0.3, -0.25) is 0 Å². The van der Waals surface area contributed by atoms with Crippen LogP contribution in [-0.2, 0) is 12.8 Å². The third kappa shape index (κ3) is 3.28. The fraction of sp³-hybridized carbons (Fsp3) is 0.250. The summed E-state index contributed by atoms with van der Waals surface area (Å²) in [5.41, 5.74) is 11.6. The van der Waals surface area contributed by atoms with Crippen LogP contribution in [0.15, 0.2) is 60.7 Å². The van der Waals surface area contributed by atoms with Gasteiger partial charge < -0.3 is 0 Å². The van der Waals surface area contributed by atoms with Crippen molar-refractivity contribution in [1.29, 1.82) is 0 Å². The fourth-order valence-electron chi connectivity index (χ4n) is 3.55. The molecular weight excluding hydrogens is 288 g/mol. The average molecular weight is 314 g/mol. The molecule has 0 heteroatoms. The highest BCUT2D eigenvalue weighted by atomic mass is 14.2. The summed E-state index contributed by atoms with van der Waals surface area (Å²) >= 11 is 0. The van der Waals surface area contributed by atoms with E-state index in [2.05, 4.69) is 88.4 Å². The lowest BCUT2D eigenvalue weighted by molar-refractivity contribution is 1.02. The minimum absolute atomic E-state index is 1.01. The Morgan fingerprint density at radius 2 is 0.792 bits per heavy atom. The Balaban J connectivity index is 2.11. The van der Waals surface area contributed by atoms with Crippen molar-refractivity contribution in [2.45, 2.75) is 40.5 Å². The zero-order valence-electron chi connectivity index (χ0n) is 15.2. The van der Waals surface area contributed by atoms with Crippen molar-refractivity contribution in [2.75, 3.05) is 0 Å². The maximum absolute atomic E-state index is 2.29. The van der Waals surface area contributed by atoms with Gasteiger partial charge in [-0.1, -0.05) is 60.7 Å². The van der Waals surface area contributed by atoms with Crippen LogP contribution in [0.2, 0.25) is 0 Å². The molecule has 122 valence electrons. The first-order valence-corrected chi connectivity index (χ1v) is 8.74. The summed E-state index contributed by atoms with van der Waals surface area (Å²) in [6.45, 7) is 9.10. The molecule has 0 nitrogen and oxygen atoms in total. The van der Waals surface area contributed by atoms with Crippen molar-refractivity contribution < 1.29 is 0 Å². The highest BCUT2D eigenvalue weighted by Gasteiger charge is 2.15.